The van der Waals surface area contributed by atoms with Crippen LogP contribution in [0.4, 0.5) is 4.39 Å². The summed E-state index contributed by atoms with van der Waals surface area (Å²) in [6.07, 6.45) is -0.349. The summed E-state index contributed by atoms with van der Waals surface area (Å²) in [7, 11) is 1.62. The first-order valence-electron chi connectivity index (χ1n) is 6.30. The zero-order valence-electron chi connectivity index (χ0n) is 11.1. The number of hydrogen-bond acceptors (Lipinski definition) is 2. The summed E-state index contributed by atoms with van der Waals surface area (Å²) >= 11 is 3.38. The van der Waals surface area contributed by atoms with E-state index in [2.05, 4.69) is 15.9 Å². The highest BCUT2D eigenvalue weighted by Crippen LogP contribution is 2.26. The Morgan fingerprint density at radius 2 is 1.95 bits per heavy atom. The molecule has 2 aromatic rings. The van der Waals surface area contributed by atoms with Gasteiger partial charge in [0, 0.05) is 18.0 Å². The molecule has 2 aromatic carbocycles. The highest BCUT2D eigenvalue weighted by Gasteiger charge is 2.14. The number of halogens is 2. The van der Waals surface area contributed by atoms with Crippen molar-refractivity contribution in [3.05, 3.63) is 69.4 Å². The molecule has 0 aliphatic heterocycles. The molecular formula is C16H16BrFO2. The number of rotatable bonds is 5. The van der Waals surface area contributed by atoms with Crippen molar-refractivity contribution in [3.8, 4) is 0 Å². The summed E-state index contributed by atoms with van der Waals surface area (Å²) in [5, 5.41) is 10.4. The second-order valence-corrected chi connectivity index (χ2v) is 5.44. The topological polar surface area (TPSA) is 29.5 Å². The fourth-order valence-electron chi connectivity index (χ4n) is 2.16. The van der Waals surface area contributed by atoms with E-state index in [-0.39, 0.29) is 5.82 Å². The van der Waals surface area contributed by atoms with Gasteiger partial charge in [-0.15, -0.1) is 0 Å². The SMILES string of the molecule is COCc1ccccc1C(O)Cc1cc(F)ccc1Br. The van der Waals surface area contributed by atoms with Crippen LogP contribution < -0.4 is 0 Å². The standard InChI is InChI=1S/C16H16BrFO2/c1-20-10-11-4-2-3-5-14(11)16(19)9-12-8-13(18)6-7-15(12)17/h2-8,16,19H,9-10H2,1H3. The molecule has 0 radical (unpaired) electrons. The van der Waals surface area contributed by atoms with Crippen molar-refractivity contribution in [1.29, 1.82) is 0 Å². The van der Waals surface area contributed by atoms with E-state index >= 15 is 0 Å². The molecule has 1 N–H and O–H groups in total. The van der Waals surface area contributed by atoms with Crippen LogP contribution in [0.1, 0.15) is 22.8 Å². The second-order valence-electron chi connectivity index (χ2n) is 4.59. The van der Waals surface area contributed by atoms with Gasteiger partial charge >= 0.3 is 0 Å². The third kappa shape index (κ3) is 3.66. The van der Waals surface area contributed by atoms with Crippen LogP contribution in [0.25, 0.3) is 0 Å². The molecule has 0 spiro atoms. The predicted molar refractivity (Wildman–Crippen MR) is 79.9 cm³/mol. The molecule has 0 aliphatic carbocycles. The third-order valence-electron chi connectivity index (χ3n) is 3.13. The Balaban J connectivity index is 2.23. The Labute approximate surface area is 126 Å². The molecule has 0 amide bonds. The van der Waals surface area contributed by atoms with Gasteiger partial charge in [0.1, 0.15) is 5.82 Å². The van der Waals surface area contributed by atoms with Gasteiger partial charge < -0.3 is 9.84 Å². The fraction of sp³-hybridized carbons (Fsp3) is 0.250. The zero-order chi connectivity index (χ0) is 14.5. The van der Waals surface area contributed by atoms with Crippen molar-refractivity contribution < 1.29 is 14.2 Å². The fourth-order valence-corrected chi connectivity index (χ4v) is 2.57. The maximum atomic E-state index is 13.3. The van der Waals surface area contributed by atoms with E-state index in [0.29, 0.717) is 13.0 Å². The molecule has 0 fully saturated rings. The number of hydrogen-bond donors (Lipinski definition) is 1. The molecule has 0 saturated carbocycles. The van der Waals surface area contributed by atoms with E-state index in [1.54, 1.807) is 13.2 Å². The quantitative estimate of drug-likeness (QED) is 0.892. The summed E-state index contributed by atoms with van der Waals surface area (Å²) in [4.78, 5) is 0. The van der Waals surface area contributed by atoms with Crippen LogP contribution in [0.5, 0.6) is 0 Å². The molecule has 0 aromatic heterocycles. The lowest BCUT2D eigenvalue weighted by atomic mass is 9.97. The Bertz CT molecular complexity index is 586. The lowest BCUT2D eigenvalue weighted by Gasteiger charge is -2.16. The number of aliphatic hydroxyl groups is 1. The lowest BCUT2D eigenvalue weighted by molar-refractivity contribution is 0.161. The molecular weight excluding hydrogens is 323 g/mol. The van der Waals surface area contributed by atoms with Crippen molar-refractivity contribution >= 4 is 15.9 Å². The monoisotopic (exact) mass is 338 g/mol. The van der Waals surface area contributed by atoms with E-state index in [0.717, 1.165) is 21.2 Å². The lowest BCUT2D eigenvalue weighted by Crippen LogP contribution is -2.06. The summed E-state index contributed by atoms with van der Waals surface area (Å²) in [5.41, 5.74) is 2.49. The molecule has 2 rings (SSSR count). The van der Waals surface area contributed by atoms with Crippen LogP contribution in [0, 0.1) is 5.82 Å². The summed E-state index contributed by atoms with van der Waals surface area (Å²) in [6, 6.07) is 12.0. The van der Waals surface area contributed by atoms with Gasteiger partial charge in [-0.1, -0.05) is 40.2 Å². The van der Waals surface area contributed by atoms with E-state index < -0.39 is 6.10 Å². The van der Waals surface area contributed by atoms with Crippen LogP contribution in [-0.4, -0.2) is 12.2 Å². The van der Waals surface area contributed by atoms with Crippen molar-refractivity contribution in [3.63, 3.8) is 0 Å². The van der Waals surface area contributed by atoms with Crippen molar-refractivity contribution in [1.82, 2.24) is 0 Å². The second kappa shape index (κ2) is 6.97. The number of methoxy groups -OCH3 is 1. The van der Waals surface area contributed by atoms with E-state index in [9.17, 15) is 9.50 Å². The van der Waals surface area contributed by atoms with Crippen molar-refractivity contribution in [2.75, 3.05) is 7.11 Å². The first-order valence-corrected chi connectivity index (χ1v) is 7.10. The average Bonchev–Trinajstić information content (AvgIpc) is 2.44. The minimum Gasteiger partial charge on any atom is -0.388 e. The van der Waals surface area contributed by atoms with Gasteiger partial charge in [0.25, 0.3) is 0 Å². The summed E-state index contributed by atoms with van der Waals surface area (Å²) in [5.74, 6) is -0.305. The minimum absolute atomic E-state index is 0.305. The number of aliphatic hydroxyl groups excluding tert-OH is 1. The molecule has 0 aliphatic rings. The van der Waals surface area contributed by atoms with Gasteiger partial charge in [-0.3, -0.25) is 0 Å². The molecule has 20 heavy (non-hydrogen) atoms. The molecule has 1 unspecified atom stereocenters. The highest BCUT2D eigenvalue weighted by molar-refractivity contribution is 9.10. The molecule has 0 bridgehead atoms. The third-order valence-corrected chi connectivity index (χ3v) is 3.91. The first-order chi connectivity index (χ1) is 9.61. The predicted octanol–water partition coefficient (Wildman–Crippen LogP) is 4.01. The van der Waals surface area contributed by atoms with Gasteiger partial charge in [0.15, 0.2) is 0 Å². The summed E-state index contributed by atoms with van der Waals surface area (Å²) < 4.78 is 19.2. The van der Waals surface area contributed by atoms with Crippen LogP contribution in [0.15, 0.2) is 46.9 Å². The van der Waals surface area contributed by atoms with Crippen LogP contribution in [0.3, 0.4) is 0 Å². The Morgan fingerprint density at radius 3 is 2.70 bits per heavy atom. The van der Waals surface area contributed by atoms with E-state index in [4.69, 9.17) is 4.74 Å². The number of benzene rings is 2. The molecule has 0 heterocycles. The molecule has 106 valence electrons. The Hall–Kier alpha value is -1.23. The van der Waals surface area contributed by atoms with Crippen molar-refractivity contribution in [2.24, 2.45) is 0 Å². The smallest absolute Gasteiger partial charge is 0.123 e. The Kier molecular flexibility index (Phi) is 5.29. The first kappa shape index (κ1) is 15.2. The molecule has 1 atom stereocenters. The van der Waals surface area contributed by atoms with Gasteiger partial charge in [-0.2, -0.15) is 0 Å². The average molecular weight is 339 g/mol. The highest BCUT2D eigenvalue weighted by atomic mass is 79.9. The van der Waals surface area contributed by atoms with Gasteiger partial charge in [0.2, 0.25) is 0 Å². The maximum absolute atomic E-state index is 13.3. The van der Waals surface area contributed by atoms with E-state index in [1.165, 1.54) is 12.1 Å². The Morgan fingerprint density at radius 1 is 1.20 bits per heavy atom. The largest absolute Gasteiger partial charge is 0.388 e. The van der Waals surface area contributed by atoms with Gasteiger partial charge in [-0.05, 0) is 34.9 Å². The maximum Gasteiger partial charge on any atom is 0.123 e. The summed E-state index contributed by atoms with van der Waals surface area (Å²) in [6.45, 7) is 0.442. The normalized spacial score (nSPS) is 12.4. The van der Waals surface area contributed by atoms with E-state index in [1.807, 2.05) is 24.3 Å². The molecule has 4 heteroatoms. The number of ether oxygens (including phenoxy) is 1. The molecule has 0 saturated heterocycles. The van der Waals surface area contributed by atoms with Gasteiger partial charge in [0.05, 0.1) is 12.7 Å². The van der Waals surface area contributed by atoms with Gasteiger partial charge in [-0.25, -0.2) is 4.39 Å². The zero-order valence-corrected chi connectivity index (χ0v) is 12.7. The van der Waals surface area contributed by atoms with Crippen LogP contribution in [0.2, 0.25) is 0 Å². The van der Waals surface area contributed by atoms with Crippen molar-refractivity contribution in [2.45, 2.75) is 19.1 Å². The minimum atomic E-state index is -0.695. The van der Waals surface area contributed by atoms with Crippen LogP contribution in [-0.2, 0) is 17.8 Å². The van der Waals surface area contributed by atoms with Crippen LogP contribution >= 0.6 is 15.9 Å². The molecule has 2 nitrogen and oxygen atoms in total.